The molecule has 0 spiro atoms. The van der Waals surface area contributed by atoms with Crippen LogP contribution in [0.15, 0.2) is 46.0 Å². The van der Waals surface area contributed by atoms with Crippen LogP contribution in [-0.2, 0) is 9.84 Å². The second kappa shape index (κ2) is 5.54. The van der Waals surface area contributed by atoms with Gasteiger partial charge in [0.25, 0.3) is 0 Å². The van der Waals surface area contributed by atoms with E-state index in [1.54, 1.807) is 25.1 Å². The zero-order valence-electron chi connectivity index (χ0n) is 10.00. The standard InChI is InChI=1S/C13H14O3S2/c1-11-4-2-3-5-13(11)18(14,15)9-7-16-12-6-8-17-10-12/h2-6,8,10H,7,9H2,1H3. The van der Waals surface area contributed by atoms with Crippen molar-refractivity contribution < 1.29 is 13.2 Å². The molecule has 18 heavy (non-hydrogen) atoms. The summed E-state index contributed by atoms with van der Waals surface area (Å²) in [5, 5.41) is 3.74. The molecule has 0 amide bonds. The molecule has 5 heteroatoms. The monoisotopic (exact) mass is 282 g/mol. The maximum absolute atomic E-state index is 12.1. The van der Waals surface area contributed by atoms with Gasteiger partial charge in [-0.25, -0.2) is 8.42 Å². The first-order valence-corrected chi connectivity index (χ1v) is 8.12. The highest BCUT2D eigenvalue weighted by atomic mass is 32.2. The summed E-state index contributed by atoms with van der Waals surface area (Å²) >= 11 is 1.52. The van der Waals surface area contributed by atoms with E-state index in [0.717, 1.165) is 11.3 Å². The quantitative estimate of drug-likeness (QED) is 0.847. The Kier molecular flexibility index (Phi) is 4.04. The van der Waals surface area contributed by atoms with Gasteiger partial charge in [0.2, 0.25) is 0 Å². The van der Waals surface area contributed by atoms with E-state index in [0.29, 0.717) is 4.90 Å². The molecule has 0 aliphatic carbocycles. The van der Waals surface area contributed by atoms with Crippen LogP contribution in [0, 0.1) is 6.92 Å². The second-order valence-electron chi connectivity index (χ2n) is 3.89. The van der Waals surface area contributed by atoms with Crippen molar-refractivity contribution in [1.82, 2.24) is 0 Å². The number of thiophene rings is 1. The Balaban J connectivity index is 2.02. The number of hydrogen-bond donors (Lipinski definition) is 0. The summed E-state index contributed by atoms with van der Waals surface area (Å²) in [5.41, 5.74) is 0.771. The smallest absolute Gasteiger partial charge is 0.181 e. The van der Waals surface area contributed by atoms with E-state index >= 15 is 0 Å². The Morgan fingerprint density at radius 1 is 1.22 bits per heavy atom. The lowest BCUT2D eigenvalue weighted by molar-refractivity contribution is 0.342. The predicted octanol–water partition coefficient (Wildman–Crippen LogP) is 2.91. The molecule has 0 saturated heterocycles. The molecule has 0 saturated carbocycles. The normalized spacial score (nSPS) is 11.4. The third-order valence-electron chi connectivity index (χ3n) is 2.54. The van der Waals surface area contributed by atoms with Crippen LogP contribution < -0.4 is 4.74 Å². The Hall–Kier alpha value is -1.33. The van der Waals surface area contributed by atoms with Crippen molar-refractivity contribution in [2.75, 3.05) is 12.4 Å². The van der Waals surface area contributed by atoms with Gasteiger partial charge < -0.3 is 4.74 Å². The first-order valence-electron chi connectivity index (χ1n) is 5.53. The minimum absolute atomic E-state index is 0.00625. The van der Waals surface area contributed by atoms with E-state index < -0.39 is 9.84 Å². The Bertz CT molecular complexity index is 601. The molecule has 1 aromatic carbocycles. The average molecular weight is 282 g/mol. The van der Waals surface area contributed by atoms with Crippen LogP contribution in [0.4, 0.5) is 0 Å². The van der Waals surface area contributed by atoms with Gasteiger partial charge in [-0.3, -0.25) is 0 Å². The van der Waals surface area contributed by atoms with Crippen molar-refractivity contribution in [2.24, 2.45) is 0 Å². The molecule has 0 bridgehead atoms. The third-order valence-corrected chi connectivity index (χ3v) is 5.04. The van der Waals surface area contributed by atoms with E-state index in [-0.39, 0.29) is 12.4 Å². The van der Waals surface area contributed by atoms with Crippen molar-refractivity contribution in [1.29, 1.82) is 0 Å². The largest absolute Gasteiger partial charge is 0.492 e. The van der Waals surface area contributed by atoms with Crippen LogP contribution in [0.2, 0.25) is 0 Å². The van der Waals surface area contributed by atoms with E-state index in [4.69, 9.17) is 4.74 Å². The molecule has 2 rings (SSSR count). The van der Waals surface area contributed by atoms with Gasteiger partial charge in [0.15, 0.2) is 9.84 Å². The summed E-state index contributed by atoms with van der Waals surface area (Å²) in [6, 6.07) is 8.82. The Morgan fingerprint density at radius 2 is 2.00 bits per heavy atom. The van der Waals surface area contributed by atoms with E-state index in [2.05, 4.69) is 0 Å². The second-order valence-corrected chi connectivity index (χ2v) is 6.75. The van der Waals surface area contributed by atoms with Crippen molar-refractivity contribution in [3.63, 3.8) is 0 Å². The van der Waals surface area contributed by atoms with Crippen molar-refractivity contribution in [2.45, 2.75) is 11.8 Å². The van der Waals surface area contributed by atoms with Gasteiger partial charge in [-0.2, -0.15) is 0 Å². The molecule has 0 aliphatic rings. The first kappa shape index (κ1) is 13.1. The summed E-state index contributed by atoms with van der Waals surface area (Å²) in [6.07, 6.45) is 0. The zero-order chi connectivity index (χ0) is 13.0. The molecule has 2 aromatic rings. The van der Waals surface area contributed by atoms with Gasteiger partial charge in [0, 0.05) is 5.38 Å². The Labute approximate surface area is 111 Å². The molecule has 0 aliphatic heterocycles. The maximum atomic E-state index is 12.1. The van der Waals surface area contributed by atoms with Crippen LogP contribution in [0.25, 0.3) is 0 Å². The van der Waals surface area contributed by atoms with Crippen LogP contribution in [-0.4, -0.2) is 20.8 Å². The fraction of sp³-hybridized carbons (Fsp3) is 0.231. The minimum atomic E-state index is -3.27. The third kappa shape index (κ3) is 3.11. The number of aryl methyl sites for hydroxylation is 1. The van der Waals surface area contributed by atoms with Crippen LogP contribution in [0.1, 0.15) is 5.56 Å². The SMILES string of the molecule is Cc1ccccc1S(=O)(=O)CCOc1ccsc1. The highest BCUT2D eigenvalue weighted by Crippen LogP contribution is 2.17. The van der Waals surface area contributed by atoms with Crippen molar-refractivity contribution in [3.8, 4) is 5.75 Å². The molecule has 0 atom stereocenters. The topological polar surface area (TPSA) is 43.4 Å². The molecule has 0 fully saturated rings. The van der Waals surface area contributed by atoms with Gasteiger partial charge in [0.1, 0.15) is 12.4 Å². The molecule has 3 nitrogen and oxygen atoms in total. The lowest BCUT2D eigenvalue weighted by Gasteiger charge is -2.08. The van der Waals surface area contributed by atoms with Crippen LogP contribution >= 0.6 is 11.3 Å². The zero-order valence-corrected chi connectivity index (χ0v) is 11.6. The highest BCUT2D eigenvalue weighted by molar-refractivity contribution is 7.91. The summed E-state index contributed by atoms with van der Waals surface area (Å²) in [7, 11) is -3.27. The van der Waals surface area contributed by atoms with E-state index in [1.807, 2.05) is 22.9 Å². The molecular formula is C13H14O3S2. The molecule has 0 radical (unpaired) electrons. The summed E-state index contributed by atoms with van der Waals surface area (Å²) in [5.74, 6) is 0.716. The predicted molar refractivity (Wildman–Crippen MR) is 73.0 cm³/mol. The minimum Gasteiger partial charge on any atom is -0.492 e. The molecule has 0 N–H and O–H groups in total. The Morgan fingerprint density at radius 3 is 2.67 bits per heavy atom. The summed E-state index contributed by atoms with van der Waals surface area (Å²) in [6.45, 7) is 1.97. The summed E-state index contributed by atoms with van der Waals surface area (Å²) < 4.78 is 29.6. The van der Waals surface area contributed by atoms with Crippen LogP contribution in [0.5, 0.6) is 5.75 Å². The summed E-state index contributed by atoms with van der Waals surface area (Å²) in [4.78, 5) is 0.388. The molecule has 0 unspecified atom stereocenters. The maximum Gasteiger partial charge on any atom is 0.181 e. The molecular weight excluding hydrogens is 268 g/mol. The lowest BCUT2D eigenvalue weighted by atomic mass is 10.2. The van der Waals surface area contributed by atoms with Gasteiger partial charge in [-0.15, -0.1) is 11.3 Å². The van der Waals surface area contributed by atoms with Crippen LogP contribution in [0.3, 0.4) is 0 Å². The highest BCUT2D eigenvalue weighted by Gasteiger charge is 2.16. The molecule has 1 aromatic heterocycles. The van der Waals surface area contributed by atoms with Gasteiger partial charge in [-0.1, -0.05) is 18.2 Å². The number of hydrogen-bond acceptors (Lipinski definition) is 4. The lowest BCUT2D eigenvalue weighted by Crippen LogP contribution is -2.15. The molecule has 96 valence electrons. The number of sulfone groups is 1. The van der Waals surface area contributed by atoms with Crippen molar-refractivity contribution in [3.05, 3.63) is 46.7 Å². The first-order chi connectivity index (χ1) is 8.59. The number of benzene rings is 1. The molecule has 1 heterocycles. The van der Waals surface area contributed by atoms with Crippen molar-refractivity contribution >= 4 is 21.2 Å². The number of ether oxygens (including phenoxy) is 1. The number of rotatable bonds is 5. The van der Waals surface area contributed by atoms with Gasteiger partial charge in [0.05, 0.1) is 10.6 Å². The fourth-order valence-electron chi connectivity index (χ4n) is 1.62. The van der Waals surface area contributed by atoms with Gasteiger partial charge in [-0.05, 0) is 30.0 Å². The van der Waals surface area contributed by atoms with E-state index in [1.165, 1.54) is 11.3 Å². The fourth-order valence-corrected chi connectivity index (χ4v) is 3.56. The average Bonchev–Trinajstić information content (AvgIpc) is 2.82. The van der Waals surface area contributed by atoms with E-state index in [9.17, 15) is 8.42 Å². The van der Waals surface area contributed by atoms with Gasteiger partial charge >= 0.3 is 0 Å².